The van der Waals surface area contributed by atoms with Crippen LogP contribution in [-0.4, -0.2) is 39.7 Å². The van der Waals surface area contributed by atoms with Crippen molar-refractivity contribution < 1.29 is 14.3 Å². The highest BCUT2D eigenvalue weighted by atomic mass is 16.5. The number of ether oxygens (including phenoxy) is 1. The molecular formula is C22H26N4O3. The Labute approximate surface area is 170 Å². The summed E-state index contributed by atoms with van der Waals surface area (Å²) in [5, 5.41) is 4.43. The predicted octanol–water partition coefficient (Wildman–Crippen LogP) is 3.20. The summed E-state index contributed by atoms with van der Waals surface area (Å²) in [6, 6.07) is 7.79. The molecule has 2 aromatic rings. The fourth-order valence-electron chi connectivity index (χ4n) is 4.27. The molecule has 0 fully saturated rings. The lowest BCUT2D eigenvalue weighted by atomic mass is 9.72. The zero-order valence-corrected chi connectivity index (χ0v) is 17.3. The second-order valence-electron chi connectivity index (χ2n) is 8.51. The summed E-state index contributed by atoms with van der Waals surface area (Å²) in [4.78, 5) is 31.9. The maximum atomic E-state index is 13.3. The van der Waals surface area contributed by atoms with E-state index < -0.39 is 0 Å². The van der Waals surface area contributed by atoms with E-state index in [-0.39, 0.29) is 29.8 Å². The van der Waals surface area contributed by atoms with Gasteiger partial charge in [-0.15, -0.1) is 0 Å². The van der Waals surface area contributed by atoms with Crippen molar-refractivity contribution in [1.29, 1.82) is 0 Å². The fraction of sp³-hybridized carbons (Fsp3) is 0.455. The number of hydrogen-bond acceptors (Lipinski definition) is 6. The van der Waals surface area contributed by atoms with E-state index in [9.17, 15) is 9.59 Å². The zero-order chi connectivity index (χ0) is 20.8. The summed E-state index contributed by atoms with van der Waals surface area (Å²) in [6.45, 7) is 8.29. The molecule has 0 saturated carbocycles. The number of aryl methyl sites for hydroxylation is 1. The van der Waals surface area contributed by atoms with Gasteiger partial charge in [0.05, 0.1) is 6.61 Å². The van der Waals surface area contributed by atoms with Crippen molar-refractivity contribution in [2.24, 2.45) is 5.41 Å². The van der Waals surface area contributed by atoms with Crippen LogP contribution in [0, 0.1) is 12.3 Å². The third kappa shape index (κ3) is 3.45. The molecule has 4 rings (SSSR count). The number of carbonyl (C=O) groups excluding carboxylic acids is 2. The maximum absolute atomic E-state index is 13.3. The van der Waals surface area contributed by atoms with Crippen molar-refractivity contribution >= 4 is 17.7 Å². The molecule has 1 aromatic carbocycles. The molecule has 29 heavy (non-hydrogen) atoms. The molecule has 0 N–H and O–H groups in total. The molecule has 0 amide bonds. The van der Waals surface area contributed by atoms with Gasteiger partial charge in [-0.25, -0.2) is 4.68 Å². The summed E-state index contributed by atoms with van der Waals surface area (Å²) in [7, 11) is 0. The highest BCUT2D eigenvalue weighted by Crippen LogP contribution is 2.47. The molecule has 0 spiro atoms. The normalized spacial score (nSPS) is 20.3. The van der Waals surface area contributed by atoms with E-state index in [0.29, 0.717) is 31.0 Å². The van der Waals surface area contributed by atoms with Gasteiger partial charge in [-0.3, -0.25) is 9.59 Å². The van der Waals surface area contributed by atoms with E-state index >= 15 is 0 Å². The molecule has 0 saturated heterocycles. The highest BCUT2D eigenvalue weighted by Gasteiger charge is 2.44. The number of ketones is 1. The Morgan fingerprint density at radius 3 is 2.66 bits per heavy atom. The molecule has 0 radical (unpaired) electrons. The van der Waals surface area contributed by atoms with E-state index in [2.05, 4.69) is 23.9 Å². The highest BCUT2D eigenvalue weighted by molar-refractivity contribution is 6.00. The van der Waals surface area contributed by atoms with Gasteiger partial charge < -0.3 is 9.64 Å². The lowest BCUT2D eigenvalue weighted by molar-refractivity contribution is -0.141. The first kappa shape index (κ1) is 19.4. The van der Waals surface area contributed by atoms with E-state index in [1.807, 2.05) is 36.1 Å². The molecule has 1 aliphatic heterocycles. The third-order valence-corrected chi connectivity index (χ3v) is 5.52. The van der Waals surface area contributed by atoms with Crippen molar-refractivity contribution in [3.63, 3.8) is 0 Å². The predicted molar refractivity (Wildman–Crippen MR) is 108 cm³/mol. The van der Waals surface area contributed by atoms with Crippen LogP contribution in [-0.2, 0) is 14.3 Å². The zero-order valence-electron chi connectivity index (χ0n) is 17.3. The van der Waals surface area contributed by atoms with Crippen LogP contribution in [0.3, 0.4) is 0 Å². The van der Waals surface area contributed by atoms with Gasteiger partial charge >= 0.3 is 5.97 Å². The van der Waals surface area contributed by atoms with Gasteiger partial charge in [0.25, 0.3) is 0 Å². The van der Waals surface area contributed by atoms with E-state index in [1.54, 1.807) is 11.6 Å². The van der Waals surface area contributed by atoms with Gasteiger partial charge in [0, 0.05) is 17.7 Å². The molecule has 2 heterocycles. The Balaban J connectivity index is 1.89. The molecule has 7 heteroatoms. The van der Waals surface area contributed by atoms with E-state index in [1.165, 1.54) is 6.33 Å². The Morgan fingerprint density at radius 1 is 1.24 bits per heavy atom. The Hall–Kier alpha value is -2.96. The number of fused-ring (bicyclic) bond motifs is 1. The summed E-state index contributed by atoms with van der Waals surface area (Å²) in [5.41, 5.74) is 3.50. The lowest BCUT2D eigenvalue weighted by Crippen LogP contribution is -2.44. The topological polar surface area (TPSA) is 77.3 Å². The molecule has 1 aliphatic carbocycles. The molecular weight excluding hydrogens is 368 g/mol. The molecule has 0 bridgehead atoms. The van der Waals surface area contributed by atoms with Gasteiger partial charge in [-0.05, 0) is 31.2 Å². The molecule has 2 aliphatic rings. The fourth-order valence-corrected chi connectivity index (χ4v) is 4.27. The molecule has 1 atom stereocenters. The van der Waals surface area contributed by atoms with Crippen molar-refractivity contribution in [2.75, 3.05) is 18.1 Å². The van der Waals surface area contributed by atoms with Crippen LogP contribution < -0.4 is 4.90 Å². The SMILES string of the molecule is CCOC(=O)CN1C2=C(C(=O)CC(C)(C)C2)C(c2ccc(C)cc2)n2ncnc21. The Bertz CT molecular complexity index is 988. The first-order valence-electron chi connectivity index (χ1n) is 9.96. The van der Waals surface area contributed by atoms with Crippen molar-refractivity contribution in [1.82, 2.24) is 14.8 Å². The number of rotatable bonds is 4. The minimum atomic E-state index is -0.349. The van der Waals surface area contributed by atoms with Crippen molar-refractivity contribution in [2.45, 2.75) is 46.6 Å². The standard InChI is InChI=1S/C22H26N4O3/c1-5-29-18(28)12-25-16-10-22(3,4)11-17(27)19(16)20(26-21(25)23-13-24-26)15-8-6-14(2)7-9-15/h6-9,13,20H,5,10-12H2,1-4H3. The summed E-state index contributed by atoms with van der Waals surface area (Å²) < 4.78 is 6.92. The van der Waals surface area contributed by atoms with Crippen LogP contribution in [0.5, 0.6) is 0 Å². The largest absolute Gasteiger partial charge is 0.465 e. The molecule has 7 nitrogen and oxygen atoms in total. The number of Topliss-reactive ketones (excluding diaryl/α,β-unsaturated/α-hetero) is 1. The maximum Gasteiger partial charge on any atom is 0.326 e. The number of benzene rings is 1. The monoisotopic (exact) mass is 394 g/mol. The van der Waals surface area contributed by atoms with Crippen molar-refractivity contribution in [3.8, 4) is 0 Å². The van der Waals surface area contributed by atoms with Crippen molar-refractivity contribution in [3.05, 3.63) is 53.0 Å². The lowest BCUT2D eigenvalue weighted by Gasteiger charge is -2.42. The van der Waals surface area contributed by atoms with Gasteiger partial charge in [0.15, 0.2) is 5.78 Å². The smallest absolute Gasteiger partial charge is 0.326 e. The second kappa shape index (κ2) is 7.13. The third-order valence-electron chi connectivity index (χ3n) is 5.52. The number of hydrogen-bond donors (Lipinski definition) is 0. The van der Waals surface area contributed by atoms with Gasteiger partial charge in [0.1, 0.15) is 18.9 Å². The van der Waals surface area contributed by atoms with E-state index in [4.69, 9.17) is 4.74 Å². The number of carbonyl (C=O) groups is 2. The van der Waals surface area contributed by atoms with Crippen LogP contribution in [0.2, 0.25) is 0 Å². The number of aromatic nitrogens is 3. The number of esters is 1. The molecule has 1 unspecified atom stereocenters. The summed E-state index contributed by atoms with van der Waals surface area (Å²) in [6.07, 6.45) is 2.62. The minimum absolute atomic E-state index is 0.00927. The van der Waals surface area contributed by atoms with Gasteiger partial charge in [-0.1, -0.05) is 43.7 Å². The van der Waals surface area contributed by atoms with Crippen LogP contribution in [0.15, 0.2) is 41.9 Å². The van der Waals surface area contributed by atoms with Gasteiger partial charge in [0.2, 0.25) is 5.95 Å². The second-order valence-corrected chi connectivity index (χ2v) is 8.51. The number of anilines is 1. The average molecular weight is 394 g/mol. The van der Waals surface area contributed by atoms with E-state index in [0.717, 1.165) is 16.8 Å². The molecule has 152 valence electrons. The van der Waals surface area contributed by atoms with Crippen LogP contribution in [0.1, 0.15) is 50.8 Å². The number of allylic oxidation sites excluding steroid dienone is 2. The summed E-state index contributed by atoms with van der Waals surface area (Å²) >= 11 is 0. The number of nitrogens with zero attached hydrogens (tertiary/aromatic N) is 4. The first-order chi connectivity index (χ1) is 13.8. The summed E-state index contributed by atoms with van der Waals surface area (Å²) in [5.74, 6) is 0.309. The molecule has 1 aromatic heterocycles. The van der Waals surface area contributed by atoms with Crippen LogP contribution >= 0.6 is 0 Å². The Morgan fingerprint density at radius 2 is 1.97 bits per heavy atom. The van der Waals surface area contributed by atoms with Crippen LogP contribution in [0.4, 0.5) is 5.95 Å². The van der Waals surface area contributed by atoms with Gasteiger partial charge in [-0.2, -0.15) is 10.1 Å². The Kier molecular flexibility index (Phi) is 4.76. The minimum Gasteiger partial charge on any atom is -0.465 e. The average Bonchev–Trinajstić information content (AvgIpc) is 3.12. The van der Waals surface area contributed by atoms with Crippen LogP contribution in [0.25, 0.3) is 0 Å². The quantitative estimate of drug-likeness (QED) is 0.741. The first-order valence-corrected chi connectivity index (χ1v) is 9.96.